The minimum atomic E-state index is -0.497. The van der Waals surface area contributed by atoms with E-state index in [0.29, 0.717) is 18.8 Å². The summed E-state index contributed by atoms with van der Waals surface area (Å²) in [5.41, 5.74) is 2.31. The fraction of sp³-hybridized carbons (Fsp3) is 0.364. The lowest BCUT2D eigenvalue weighted by Gasteiger charge is -2.33. The molecule has 8 heteroatoms. The molecule has 2 aliphatic rings. The summed E-state index contributed by atoms with van der Waals surface area (Å²) >= 11 is 1.64. The number of nitrogens with zero attached hydrogens (tertiary/aromatic N) is 1. The van der Waals surface area contributed by atoms with E-state index in [4.69, 9.17) is 4.74 Å². The standard InChI is InChI=1S/C22H26N4O3S/c1-3-29-22(28)23-16-8-9-20-18(14-16)26(17-6-4-5-7-19(17)30-20)21(27)15-25-12-10-24(2)11-13-25/h4-9,14H,3,10-13,15H2,1-2H3,(H,23,28)/p+2. The van der Waals surface area contributed by atoms with Gasteiger partial charge < -0.3 is 14.5 Å². The van der Waals surface area contributed by atoms with E-state index in [9.17, 15) is 9.59 Å². The highest BCUT2D eigenvalue weighted by atomic mass is 32.2. The van der Waals surface area contributed by atoms with Crippen LogP contribution in [-0.2, 0) is 9.53 Å². The summed E-state index contributed by atoms with van der Waals surface area (Å²) in [5.74, 6) is 0.0758. The Kier molecular flexibility index (Phi) is 6.26. The lowest BCUT2D eigenvalue weighted by Crippen LogP contribution is -3.27. The highest BCUT2D eigenvalue weighted by Crippen LogP contribution is 2.48. The summed E-state index contributed by atoms with van der Waals surface area (Å²) in [6.45, 7) is 6.70. The van der Waals surface area contributed by atoms with Crippen LogP contribution in [0.3, 0.4) is 0 Å². The Bertz CT molecular complexity index is 944. The van der Waals surface area contributed by atoms with Gasteiger partial charge in [0.15, 0.2) is 6.54 Å². The van der Waals surface area contributed by atoms with Crippen molar-refractivity contribution in [2.75, 3.05) is 56.6 Å². The first-order valence-corrected chi connectivity index (χ1v) is 11.2. The van der Waals surface area contributed by atoms with Crippen LogP contribution in [0.4, 0.5) is 21.9 Å². The van der Waals surface area contributed by atoms with E-state index in [2.05, 4.69) is 12.4 Å². The van der Waals surface area contributed by atoms with Gasteiger partial charge in [0.1, 0.15) is 26.2 Å². The molecule has 0 spiro atoms. The van der Waals surface area contributed by atoms with Crippen molar-refractivity contribution in [3.63, 3.8) is 0 Å². The Morgan fingerprint density at radius 2 is 1.80 bits per heavy atom. The van der Waals surface area contributed by atoms with E-state index in [1.165, 1.54) is 9.80 Å². The number of fused-ring (bicyclic) bond motifs is 2. The van der Waals surface area contributed by atoms with Gasteiger partial charge in [-0.05, 0) is 37.3 Å². The van der Waals surface area contributed by atoms with Crippen molar-refractivity contribution in [2.24, 2.45) is 0 Å². The summed E-state index contributed by atoms with van der Waals surface area (Å²) in [5, 5.41) is 2.75. The molecular formula is C22H28N4O3S+2. The lowest BCUT2D eigenvalue weighted by molar-refractivity contribution is -1.000. The Labute approximate surface area is 181 Å². The number of para-hydroxylation sites is 1. The van der Waals surface area contributed by atoms with Crippen LogP contribution >= 0.6 is 11.8 Å². The second-order valence-corrected chi connectivity index (χ2v) is 8.79. The summed E-state index contributed by atoms with van der Waals surface area (Å²) in [6, 6.07) is 13.6. The van der Waals surface area contributed by atoms with Crippen LogP contribution in [0.15, 0.2) is 52.3 Å². The van der Waals surface area contributed by atoms with Crippen LogP contribution in [0.1, 0.15) is 6.92 Å². The fourth-order valence-electron chi connectivity index (χ4n) is 3.89. The van der Waals surface area contributed by atoms with Gasteiger partial charge in [0.2, 0.25) is 0 Å². The van der Waals surface area contributed by atoms with Crippen molar-refractivity contribution >= 4 is 40.8 Å². The molecule has 0 aromatic heterocycles. The minimum absolute atomic E-state index is 0.0758. The van der Waals surface area contributed by atoms with Crippen LogP contribution in [0.5, 0.6) is 0 Å². The number of quaternary nitrogens is 2. The molecule has 2 heterocycles. The molecule has 0 saturated carbocycles. The average molecular weight is 429 g/mol. The zero-order valence-electron chi connectivity index (χ0n) is 17.4. The lowest BCUT2D eigenvalue weighted by atomic mass is 10.2. The molecule has 0 unspecified atom stereocenters. The molecule has 2 aliphatic heterocycles. The molecule has 3 N–H and O–H groups in total. The SMILES string of the molecule is CCOC(=O)Nc1ccc2c(c1)N(C(=O)C[NH+]1CC[NH+](C)CC1)c1ccccc1S2. The fourth-order valence-corrected chi connectivity index (χ4v) is 4.92. The van der Waals surface area contributed by atoms with Gasteiger partial charge in [-0.1, -0.05) is 23.9 Å². The van der Waals surface area contributed by atoms with Crippen LogP contribution in [0.2, 0.25) is 0 Å². The second-order valence-electron chi connectivity index (χ2n) is 7.71. The topological polar surface area (TPSA) is 67.5 Å². The van der Waals surface area contributed by atoms with Crippen molar-refractivity contribution in [2.45, 2.75) is 16.7 Å². The normalized spacial score (nSPS) is 20.1. The van der Waals surface area contributed by atoms with Crippen LogP contribution in [0, 0.1) is 0 Å². The van der Waals surface area contributed by atoms with Gasteiger partial charge in [0, 0.05) is 15.5 Å². The number of carbonyl (C=O) groups is 2. The largest absolute Gasteiger partial charge is 0.450 e. The smallest absolute Gasteiger partial charge is 0.411 e. The summed E-state index contributed by atoms with van der Waals surface area (Å²) in [6.07, 6.45) is -0.497. The van der Waals surface area contributed by atoms with E-state index in [1.54, 1.807) is 18.7 Å². The monoisotopic (exact) mass is 428 g/mol. The number of amides is 2. The number of benzene rings is 2. The highest BCUT2D eigenvalue weighted by molar-refractivity contribution is 7.99. The number of carbonyl (C=O) groups excluding carboxylic acids is 2. The van der Waals surface area contributed by atoms with E-state index in [1.807, 2.05) is 47.4 Å². The number of likely N-dealkylation sites (N-methyl/N-ethyl adjacent to an activating group) is 1. The van der Waals surface area contributed by atoms with E-state index in [0.717, 1.165) is 47.3 Å². The van der Waals surface area contributed by atoms with Gasteiger partial charge >= 0.3 is 6.09 Å². The third-order valence-corrected chi connectivity index (χ3v) is 6.64. The first-order valence-electron chi connectivity index (χ1n) is 10.4. The van der Waals surface area contributed by atoms with E-state index in [-0.39, 0.29) is 5.91 Å². The van der Waals surface area contributed by atoms with Gasteiger partial charge in [-0.3, -0.25) is 15.0 Å². The van der Waals surface area contributed by atoms with Gasteiger partial charge in [0.05, 0.1) is 25.0 Å². The minimum Gasteiger partial charge on any atom is -0.450 e. The number of rotatable bonds is 4. The molecule has 1 fully saturated rings. The van der Waals surface area contributed by atoms with Gasteiger partial charge in [0.25, 0.3) is 5.91 Å². The maximum atomic E-state index is 13.5. The molecule has 0 atom stereocenters. The maximum absolute atomic E-state index is 13.5. The quantitative estimate of drug-likeness (QED) is 0.674. The molecule has 1 saturated heterocycles. The molecule has 0 bridgehead atoms. The Hall–Kier alpha value is -2.55. The molecule has 2 amide bonds. The molecule has 7 nitrogen and oxygen atoms in total. The molecule has 0 aliphatic carbocycles. The van der Waals surface area contributed by atoms with Crippen LogP contribution in [-0.4, -0.2) is 58.4 Å². The molecule has 0 radical (unpaired) electrons. The predicted molar refractivity (Wildman–Crippen MR) is 117 cm³/mol. The second kappa shape index (κ2) is 9.07. The molecule has 2 aromatic carbocycles. The number of hydrogen-bond acceptors (Lipinski definition) is 4. The average Bonchev–Trinajstić information content (AvgIpc) is 2.73. The number of anilines is 3. The third-order valence-electron chi connectivity index (χ3n) is 5.51. The molecule has 158 valence electrons. The molecule has 2 aromatic rings. The van der Waals surface area contributed by atoms with Gasteiger partial charge in [-0.2, -0.15) is 0 Å². The number of nitrogens with one attached hydrogen (secondary N) is 3. The predicted octanol–water partition coefficient (Wildman–Crippen LogP) is 0.798. The van der Waals surface area contributed by atoms with Crippen molar-refractivity contribution in [1.29, 1.82) is 0 Å². The molecule has 4 rings (SSSR count). The van der Waals surface area contributed by atoms with Crippen molar-refractivity contribution in [3.8, 4) is 0 Å². The van der Waals surface area contributed by atoms with Gasteiger partial charge in [-0.15, -0.1) is 0 Å². The van der Waals surface area contributed by atoms with Crippen LogP contribution in [0.25, 0.3) is 0 Å². The number of hydrogen-bond donors (Lipinski definition) is 3. The zero-order chi connectivity index (χ0) is 21.1. The first kappa shape index (κ1) is 20.7. The Balaban J connectivity index is 1.63. The number of ether oxygens (including phenoxy) is 1. The van der Waals surface area contributed by atoms with Crippen LogP contribution < -0.4 is 20.0 Å². The zero-order valence-corrected chi connectivity index (χ0v) is 18.2. The van der Waals surface area contributed by atoms with Crippen molar-refractivity contribution < 1.29 is 24.1 Å². The van der Waals surface area contributed by atoms with E-state index >= 15 is 0 Å². The molecular weight excluding hydrogens is 400 g/mol. The van der Waals surface area contributed by atoms with Gasteiger partial charge in [-0.25, -0.2) is 4.79 Å². The maximum Gasteiger partial charge on any atom is 0.411 e. The number of piperazine rings is 1. The Morgan fingerprint density at radius 1 is 1.07 bits per heavy atom. The molecule has 30 heavy (non-hydrogen) atoms. The highest BCUT2D eigenvalue weighted by Gasteiger charge is 2.32. The van der Waals surface area contributed by atoms with Crippen molar-refractivity contribution in [1.82, 2.24) is 0 Å². The summed E-state index contributed by atoms with van der Waals surface area (Å²) in [7, 11) is 2.20. The summed E-state index contributed by atoms with van der Waals surface area (Å²) < 4.78 is 4.99. The van der Waals surface area contributed by atoms with E-state index < -0.39 is 6.09 Å². The first-order chi connectivity index (χ1) is 14.5. The third kappa shape index (κ3) is 4.45. The Morgan fingerprint density at radius 3 is 2.57 bits per heavy atom. The summed E-state index contributed by atoms with van der Waals surface area (Å²) in [4.78, 5) is 32.1. The van der Waals surface area contributed by atoms with Crippen molar-refractivity contribution in [3.05, 3.63) is 42.5 Å².